The molecule has 0 spiro atoms. The lowest BCUT2D eigenvalue weighted by Gasteiger charge is -2.50. The highest BCUT2D eigenvalue weighted by Gasteiger charge is 2.37. The Kier molecular flexibility index (Phi) is 6.19. The predicted molar refractivity (Wildman–Crippen MR) is 119 cm³/mol. The van der Waals surface area contributed by atoms with Gasteiger partial charge in [0.25, 0.3) is 5.91 Å². The monoisotopic (exact) mass is 391 g/mol. The molecule has 29 heavy (non-hydrogen) atoms. The number of piperidine rings is 3. The molecular formula is C25H33N3O. The maximum Gasteiger partial charge on any atom is 0.253 e. The second-order valence-electron chi connectivity index (χ2n) is 8.34. The molecule has 2 bridgehead atoms. The lowest BCUT2D eigenvalue weighted by Crippen LogP contribution is -2.57. The fraction of sp³-hybridized carbons (Fsp3) is 0.480. The lowest BCUT2D eigenvalue weighted by atomic mass is 9.82. The minimum absolute atomic E-state index is 0.124. The van der Waals surface area contributed by atoms with Crippen molar-refractivity contribution in [3.8, 4) is 0 Å². The van der Waals surface area contributed by atoms with Crippen LogP contribution in [0.3, 0.4) is 0 Å². The van der Waals surface area contributed by atoms with Gasteiger partial charge >= 0.3 is 0 Å². The summed E-state index contributed by atoms with van der Waals surface area (Å²) >= 11 is 0. The first-order valence-corrected chi connectivity index (χ1v) is 11.1. The summed E-state index contributed by atoms with van der Waals surface area (Å²) < 4.78 is 0. The van der Waals surface area contributed by atoms with E-state index in [2.05, 4.69) is 52.3 Å². The molecule has 0 aromatic heterocycles. The van der Waals surface area contributed by atoms with E-state index in [1.54, 1.807) is 0 Å². The Bertz CT molecular complexity index is 793. The van der Waals surface area contributed by atoms with Crippen molar-refractivity contribution in [1.82, 2.24) is 9.80 Å². The largest absolute Gasteiger partial charge is 0.363 e. The van der Waals surface area contributed by atoms with Crippen LogP contribution in [0.4, 0.5) is 5.69 Å². The number of fused-ring (bicyclic) bond motifs is 3. The van der Waals surface area contributed by atoms with E-state index in [0.29, 0.717) is 6.04 Å². The van der Waals surface area contributed by atoms with E-state index < -0.39 is 0 Å². The van der Waals surface area contributed by atoms with Crippen LogP contribution in [0, 0.1) is 5.92 Å². The average molecular weight is 392 g/mol. The molecule has 3 saturated heterocycles. The van der Waals surface area contributed by atoms with E-state index in [9.17, 15) is 4.79 Å². The Morgan fingerprint density at radius 1 is 0.966 bits per heavy atom. The average Bonchev–Trinajstić information content (AvgIpc) is 2.80. The van der Waals surface area contributed by atoms with Gasteiger partial charge in [0.15, 0.2) is 0 Å². The Morgan fingerprint density at radius 2 is 1.62 bits per heavy atom. The van der Waals surface area contributed by atoms with E-state index in [1.807, 2.05) is 30.9 Å². The van der Waals surface area contributed by atoms with Crippen molar-refractivity contribution in [2.24, 2.45) is 5.92 Å². The third-order valence-corrected chi connectivity index (χ3v) is 6.71. The molecule has 1 atom stereocenters. The molecule has 2 aromatic rings. The molecule has 3 aliphatic heterocycles. The van der Waals surface area contributed by atoms with E-state index >= 15 is 0 Å². The summed E-state index contributed by atoms with van der Waals surface area (Å²) in [6, 6.07) is 19.6. The topological polar surface area (TPSA) is 26.8 Å². The Balaban J connectivity index is 1.60. The van der Waals surface area contributed by atoms with Gasteiger partial charge in [-0.15, -0.1) is 0 Å². The van der Waals surface area contributed by atoms with Crippen LogP contribution in [-0.2, 0) is 6.54 Å². The van der Waals surface area contributed by atoms with Crippen LogP contribution in [0.15, 0.2) is 54.6 Å². The highest BCUT2D eigenvalue weighted by Crippen LogP contribution is 2.34. The zero-order chi connectivity index (χ0) is 20.2. The normalized spacial score (nSPS) is 23.0. The van der Waals surface area contributed by atoms with Crippen molar-refractivity contribution in [3.05, 3.63) is 65.7 Å². The summed E-state index contributed by atoms with van der Waals surface area (Å²) in [6.45, 7) is 10.1. The molecule has 0 aliphatic carbocycles. The number of benzene rings is 2. The molecule has 3 aliphatic rings. The Labute approximate surface area is 175 Å². The first kappa shape index (κ1) is 20.0. The van der Waals surface area contributed by atoms with Crippen LogP contribution in [0.25, 0.3) is 0 Å². The van der Waals surface area contributed by atoms with Gasteiger partial charge in [-0.1, -0.05) is 30.3 Å². The minimum Gasteiger partial charge on any atom is -0.363 e. The molecule has 0 unspecified atom stereocenters. The smallest absolute Gasteiger partial charge is 0.253 e. The van der Waals surface area contributed by atoms with E-state index in [0.717, 1.165) is 37.7 Å². The second-order valence-corrected chi connectivity index (χ2v) is 8.34. The number of amides is 1. The quantitative estimate of drug-likeness (QED) is 0.705. The van der Waals surface area contributed by atoms with Crippen LogP contribution in [0.1, 0.15) is 42.6 Å². The van der Waals surface area contributed by atoms with Gasteiger partial charge in [-0.05, 0) is 75.5 Å². The van der Waals surface area contributed by atoms with Crippen molar-refractivity contribution >= 4 is 11.6 Å². The van der Waals surface area contributed by atoms with Crippen LogP contribution < -0.4 is 4.90 Å². The molecule has 3 fully saturated rings. The molecule has 154 valence electrons. The highest BCUT2D eigenvalue weighted by molar-refractivity contribution is 5.94. The van der Waals surface area contributed by atoms with Crippen molar-refractivity contribution < 1.29 is 4.79 Å². The fourth-order valence-corrected chi connectivity index (χ4v) is 4.96. The summed E-state index contributed by atoms with van der Waals surface area (Å²) in [5.41, 5.74) is 3.35. The number of hydrogen-bond donors (Lipinski definition) is 0. The number of carbonyl (C=O) groups is 1. The Morgan fingerprint density at radius 3 is 2.17 bits per heavy atom. The minimum atomic E-state index is 0.124. The van der Waals surface area contributed by atoms with Gasteiger partial charge in [0, 0.05) is 43.5 Å². The molecule has 0 N–H and O–H groups in total. The number of carbonyl (C=O) groups excluding carboxylic acids is 1. The standard InChI is InChI=1S/C25H33N3O/c1-3-27(4-2)25(29)22-10-12-23(13-11-22)28(18-20-8-6-5-7-9-20)24-19-26-16-14-21(24)15-17-26/h5-13,21,24H,3-4,14-19H2,1-2H3/t24-/m1/s1. The second kappa shape index (κ2) is 9.00. The first-order valence-electron chi connectivity index (χ1n) is 11.1. The molecule has 4 nitrogen and oxygen atoms in total. The number of anilines is 1. The van der Waals surface area contributed by atoms with Gasteiger partial charge in [-0.2, -0.15) is 0 Å². The maximum absolute atomic E-state index is 12.7. The molecular weight excluding hydrogens is 358 g/mol. The molecule has 4 heteroatoms. The number of rotatable bonds is 7. The van der Waals surface area contributed by atoms with Crippen LogP contribution >= 0.6 is 0 Å². The fourth-order valence-electron chi connectivity index (χ4n) is 4.96. The summed E-state index contributed by atoms with van der Waals surface area (Å²) in [6.07, 6.45) is 2.60. The van der Waals surface area contributed by atoms with Crippen LogP contribution in [0.2, 0.25) is 0 Å². The zero-order valence-electron chi connectivity index (χ0n) is 17.8. The van der Waals surface area contributed by atoms with Gasteiger partial charge in [-0.25, -0.2) is 0 Å². The van der Waals surface area contributed by atoms with Gasteiger partial charge in [0.2, 0.25) is 0 Å². The van der Waals surface area contributed by atoms with Crippen LogP contribution in [-0.4, -0.2) is 54.5 Å². The van der Waals surface area contributed by atoms with Gasteiger partial charge in [0.05, 0.1) is 0 Å². The molecule has 3 heterocycles. The first-order chi connectivity index (χ1) is 14.2. The predicted octanol–water partition coefficient (Wildman–Crippen LogP) is 4.27. The van der Waals surface area contributed by atoms with Crippen molar-refractivity contribution in [1.29, 1.82) is 0 Å². The maximum atomic E-state index is 12.7. The summed E-state index contributed by atoms with van der Waals surface area (Å²) in [4.78, 5) is 19.8. The zero-order valence-corrected chi connectivity index (χ0v) is 17.8. The third-order valence-electron chi connectivity index (χ3n) is 6.71. The number of nitrogens with zero attached hydrogens (tertiary/aromatic N) is 3. The molecule has 5 rings (SSSR count). The molecule has 0 radical (unpaired) electrons. The van der Waals surface area contributed by atoms with Gasteiger partial charge < -0.3 is 14.7 Å². The molecule has 0 saturated carbocycles. The van der Waals surface area contributed by atoms with Crippen molar-refractivity contribution in [2.45, 2.75) is 39.3 Å². The number of hydrogen-bond acceptors (Lipinski definition) is 3. The van der Waals surface area contributed by atoms with Crippen LogP contribution in [0.5, 0.6) is 0 Å². The van der Waals surface area contributed by atoms with Gasteiger partial charge in [0.1, 0.15) is 0 Å². The highest BCUT2D eigenvalue weighted by atomic mass is 16.2. The summed E-state index contributed by atoms with van der Waals surface area (Å²) in [5.74, 6) is 0.889. The third kappa shape index (κ3) is 4.32. The summed E-state index contributed by atoms with van der Waals surface area (Å²) in [7, 11) is 0. The van der Waals surface area contributed by atoms with E-state index in [-0.39, 0.29) is 5.91 Å². The SMILES string of the molecule is CCN(CC)C(=O)c1ccc(N(Cc2ccccc2)[C@@H]2CN3CCC2CC3)cc1. The molecule has 2 aromatic carbocycles. The van der Waals surface area contributed by atoms with E-state index in [1.165, 1.54) is 37.2 Å². The Hall–Kier alpha value is -2.33. The lowest BCUT2D eigenvalue weighted by molar-refractivity contribution is 0.0773. The van der Waals surface area contributed by atoms with Gasteiger partial charge in [-0.3, -0.25) is 4.79 Å². The van der Waals surface area contributed by atoms with Crippen molar-refractivity contribution in [3.63, 3.8) is 0 Å². The molecule has 1 amide bonds. The van der Waals surface area contributed by atoms with E-state index in [4.69, 9.17) is 0 Å². The van der Waals surface area contributed by atoms with Crippen molar-refractivity contribution in [2.75, 3.05) is 37.6 Å². The summed E-state index contributed by atoms with van der Waals surface area (Å²) in [5, 5.41) is 0.